The minimum absolute atomic E-state index is 0.435. The molecule has 0 atom stereocenters. The molecule has 0 aliphatic heterocycles. The molecule has 3 rings (SSSR count). The van der Waals surface area contributed by atoms with E-state index in [0.29, 0.717) is 11.9 Å². The first-order chi connectivity index (χ1) is 8.27. The highest BCUT2D eigenvalue weighted by Gasteiger charge is 2.24. The third kappa shape index (κ3) is 1.60. The molecule has 0 spiro atoms. The van der Waals surface area contributed by atoms with Crippen LogP contribution in [0.5, 0.6) is 0 Å². The number of hydrogen-bond donors (Lipinski definition) is 1. The van der Waals surface area contributed by atoms with E-state index in [2.05, 4.69) is 15.4 Å². The topological polar surface area (TPSA) is 74.6 Å². The van der Waals surface area contributed by atoms with Gasteiger partial charge in [0.1, 0.15) is 5.69 Å². The van der Waals surface area contributed by atoms with Gasteiger partial charge in [-0.25, -0.2) is 4.68 Å². The molecule has 2 N–H and O–H groups in total. The molecule has 2 heterocycles. The van der Waals surface area contributed by atoms with Crippen LogP contribution in [-0.4, -0.2) is 24.8 Å². The number of nitrogen functional groups attached to an aromatic ring is 1. The smallest absolute Gasteiger partial charge is 0.175 e. The van der Waals surface area contributed by atoms with E-state index in [0.717, 1.165) is 24.2 Å². The van der Waals surface area contributed by atoms with E-state index in [1.807, 2.05) is 17.8 Å². The van der Waals surface area contributed by atoms with Gasteiger partial charge in [0.2, 0.25) is 0 Å². The maximum absolute atomic E-state index is 5.93. The molecule has 6 nitrogen and oxygen atoms in total. The number of aryl methyl sites for hydroxylation is 1. The van der Waals surface area contributed by atoms with Gasteiger partial charge in [-0.05, 0) is 18.9 Å². The standard InChI is InChI=1S/C11H16N6/c1-16-9(6-7-13-16)10-11(12)14-15-17(10)8-4-2-3-5-8/h6-8H,2-5,12H2,1H3. The lowest BCUT2D eigenvalue weighted by atomic mass is 10.2. The summed E-state index contributed by atoms with van der Waals surface area (Å²) in [5.74, 6) is 0.487. The average molecular weight is 232 g/mol. The molecule has 1 saturated carbocycles. The Morgan fingerprint density at radius 2 is 2.12 bits per heavy atom. The predicted molar refractivity (Wildman–Crippen MR) is 64.1 cm³/mol. The summed E-state index contributed by atoms with van der Waals surface area (Å²) >= 11 is 0. The molecule has 0 bridgehead atoms. The maximum atomic E-state index is 5.93. The minimum Gasteiger partial charge on any atom is -0.380 e. The van der Waals surface area contributed by atoms with E-state index in [9.17, 15) is 0 Å². The van der Waals surface area contributed by atoms with Crippen molar-refractivity contribution in [3.8, 4) is 11.4 Å². The molecule has 17 heavy (non-hydrogen) atoms. The Kier molecular flexibility index (Phi) is 2.35. The highest BCUT2D eigenvalue weighted by atomic mass is 15.5. The summed E-state index contributed by atoms with van der Waals surface area (Å²) in [6, 6.07) is 2.38. The molecule has 1 fully saturated rings. The second-order valence-electron chi connectivity index (χ2n) is 4.55. The van der Waals surface area contributed by atoms with Crippen LogP contribution in [0.4, 0.5) is 5.82 Å². The number of anilines is 1. The Labute approximate surface area is 99.4 Å². The monoisotopic (exact) mass is 232 g/mol. The van der Waals surface area contributed by atoms with Crippen molar-refractivity contribution >= 4 is 5.82 Å². The van der Waals surface area contributed by atoms with Gasteiger partial charge in [-0.15, -0.1) is 5.10 Å². The molecule has 2 aromatic rings. The van der Waals surface area contributed by atoms with Gasteiger partial charge in [0, 0.05) is 13.2 Å². The van der Waals surface area contributed by atoms with Crippen molar-refractivity contribution in [3.63, 3.8) is 0 Å². The maximum Gasteiger partial charge on any atom is 0.175 e. The summed E-state index contributed by atoms with van der Waals surface area (Å²) in [6.45, 7) is 0. The third-order valence-corrected chi connectivity index (χ3v) is 3.45. The highest BCUT2D eigenvalue weighted by Crippen LogP contribution is 2.34. The molecule has 0 saturated heterocycles. The van der Waals surface area contributed by atoms with Crippen LogP contribution in [0.1, 0.15) is 31.7 Å². The summed E-state index contributed by atoms with van der Waals surface area (Å²) in [4.78, 5) is 0. The highest BCUT2D eigenvalue weighted by molar-refractivity contribution is 5.66. The van der Waals surface area contributed by atoms with E-state index >= 15 is 0 Å². The Hall–Kier alpha value is -1.85. The van der Waals surface area contributed by atoms with Crippen molar-refractivity contribution in [2.24, 2.45) is 7.05 Å². The molecule has 0 unspecified atom stereocenters. The van der Waals surface area contributed by atoms with Gasteiger partial charge in [0.25, 0.3) is 0 Å². The van der Waals surface area contributed by atoms with E-state index in [4.69, 9.17) is 5.73 Å². The van der Waals surface area contributed by atoms with Crippen molar-refractivity contribution in [1.82, 2.24) is 24.8 Å². The number of rotatable bonds is 2. The number of nitrogens with zero attached hydrogens (tertiary/aromatic N) is 5. The Morgan fingerprint density at radius 3 is 2.76 bits per heavy atom. The lowest BCUT2D eigenvalue weighted by Gasteiger charge is -2.13. The quantitative estimate of drug-likeness (QED) is 0.848. The molecular weight excluding hydrogens is 216 g/mol. The fourth-order valence-electron chi connectivity index (χ4n) is 2.57. The van der Waals surface area contributed by atoms with E-state index in [1.54, 1.807) is 10.9 Å². The summed E-state index contributed by atoms with van der Waals surface area (Å²) in [5.41, 5.74) is 7.81. The van der Waals surface area contributed by atoms with Crippen LogP contribution < -0.4 is 5.73 Å². The molecule has 0 radical (unpaired) electrons. The molecule has 0 amide bonds. The van der Waals surface area contributed by atoms with Crippen LogP contribution in [0, 0.1) is 0 Å². The van der Waals surface area contributed by atoms with Crippen LogP contribution in [0.2, 0.25) is 0 Å². The van der Waals surface area contributed by atoms with Gasteiger partial charge in [-0.3, -0.25) is 4.68 Å². The van der Waals surface area contributed by atoms with Crippen LogP contribution in [-0.2, 0) is 7.05 Å². The Balaban J connectivity index is 2.09. The van der Waals surface area contributed by atoms with Gasteiger partial charge in [0.15, 0.2) is 5.82 Å². The molecule has 1 aliphatic carbocycles. The van der Waals surface area contributed by atoms with Crippen molar-refractivity contribution < 1.29 is 0 Å². The minimum atomic E-state index is 0.435. The van der Waals surface area contributed by atoms with E-state index < -0.39 is 0 Å². The fourth-order valence-corrected chi connectivity index (χ4v) is 2.57. The SMILES string of the molecule is Cn1nccc1-c1c(N)nnn1C1CCCC1. The third-order valence-electron chi connectivity index (χ3n) is 3.45. The Morgan fingerprint density at radius 1 is 1.35 bits per heavy atom. The lowest BCUT2D eigenvalue weighted by molar-refractivity contribution is 0.457. The molecule has 2 aromatic heterocycles. The van der Waals surface area contributed by atoms with Crippen molar-refractivity contribution in [1.29, 1.82) is 0 Å². The summed E-state index contributed by atoms with van der Waals surface area (Å²) < 4.78 is 3.78. The first-order valence-corrected chi connectivity index (χ1v) is 5.96. The second-order valence-corrected chi connectivity index (χ2v) is 4.55. The lowest BCUT2D eigenvalue weighted by Crippen LogP contribution is -2.10. The zero-order chi connectivity index (χ0) is 11.8. The summed E-state index contributed by atoms with van der Waals surface area (Å²) in [5, 5.41) is 12.4. The largest absolute Gasteiger partial charge is 0.380 e. The summed E-state index contributed by atoms with van der Waals surface area (Å²) in [7, 11) is 1.90. The second kappa shape index (κ2) is 3.87. The van der Waals surface area contributed by atoms with Crippen LogP contribution in [0.25, 0.3) is 11.4 Å². The first-order valence-electron chi connectivity index (χ1n) is 5.96. The van der Waals surface area contributed by atoms with Crippen LogP contribution in [0.3, 0.4) is 0 Å². The van der Waals surface area contributed by atoms with Crippen LogP contribution >= 0.6 is 0 Å². The van der Waals surface area contributed by atoms with Gasteiger partial charge in [0.05, 0.1) is 11.7 Å². The van der Waals surface area contributed by atoms with Crippen molar-refractivity contribution in [2.45, 2.75) is 31.7 Å². The van der Waals surface area contributed by atoms with Gasteiger partial charge in [-0.2, -0.15) is 5.10 Å². The van der Waals surface area contributed by atoms with Crippen molar-refractivity contribution in [2.75, 3.05) is 5.73 Å². The van der Waals surface area contributed by atoms with E-state index in [-0.39, 0.29) is 0 Å². The molecule has 6 heteroatoms. The van der Waals surface area contributed by atoms with E-state index in [1.165, 1.54) is 12.8 Å². The first kappa shape index (κ1) is 10.3. The molecule has 0 aromatic carbocycles. The van der Waals surface area contributed by atoms with Gasteiger partial charge < -0.3 is 5.73 Å². The molecule has 90 valence electrons. The zero-order valence-corrected chi connectivity index (χ0v) is 9.87. The zero-order valence-electron chi connectivity index (χ0n) is 9.87. The number of nitrogens with two attached hydrogens (primary N) is 1. The van der Waals surface area contributed by atoms with Crippen molar-refractivity contribution in [3.05, 3.63) is 12.3 Å². The average Bonchev–Trinajstić information content (AvgIpc) is 2.98. The summed E-state index contributed by atoms with van der Waals surface area (Å²) in [6.07, 6.45) is 6.60. The van der Waals surface area contributed by atoms with Gasteiger partial charge >= 0.3 is 0 Å². The predicted octanol–water partition coefficient (Wildman–Crippen LogP) is 1.38. The van der Waals surface area contributed by atoms with Crippen LogP contribution in [0.15, 0.2) is 12.3 Å². The normalized spacial score (nSPS) is 16.8. The fraction of sp³-hybridized carbons (Fsp3) is 0.545. The number of aromatic nitrogens is 5. The Bertz CT molecular complexity index is 520. The molecular formula is C11H16N6. The van der Waals surface area contributed by atoms with Gasteiger partial charge in [-0.1, -0.05) is 18.1 Å². The molecule has 1 aliphatic rings. The number of hydrogen-bond acceptors (Lipinski definition) is 4.